The molecule has 1 N–H and O–H groups in total. The van der Waals surface area contributed by atoms with E-state index in [0.717, 1.165) is 17.0 Å². The monoisotopic (exact) mass is 385 g/mol. The van der Waals surface area contributed by atoms with Gasteiger partial charge in [0.1, 0.15) is 5.82 Å². The topological polar surface area (TPSA) is 46.9 Å². The molecule has 29 heavy (non-hydrogen) atoms. The Morgan fingerprint density at radius 1 is 1.00 bits per heavy atom. The summed E-state index contributed by atoms with van der Waals surface area (Å²) in [5, 5.41) is 2.91. The van der Waals surface area contributed by atoms with Gasteiger partial charge >= 0.3 is 0 Å². The van der Waals surface area contributed by atoms with Crippen molar-refractivity contribution < 1.29 is 9.18 Å². The summed E-state index contributed by atoms with van der Waals surface area (Å²) in [4.78, 5) is 17.1. The molecule has 0 spiro atoms. The van der Waals surface area contributed by atoms with Crippen molar-refractivity contribution in [2.45, 2.75) is 13.5 Å². The highest BCUT2D eigenvalue weighted by atomic mass is 19.1. The van der Waals surface area contributed by atoms with Crippen LogP contribution in [0.5, 0.6) is 0 Å². The third-order valence-electron chi connectivity index (χ3n) is 4.81. The number of halogens is 1. The van der Waals surface area contributed by atoms with Gasteiger partial charge in [-0.25, -0.2) is 4.39 Å². The molecule has 0 radical (unpaired) electrons. The molecule has 0 aliphatic rings. The van der Waals surface area contributed by atoms with E-state index < -0.39 is 0 Å². The fraction of sp³-hybridized carbons (Fsp3) is 0.0833. The molecule has 0 unspecified atom stereocenters. The zero-order chi connectivity index (χ0) is 20.2. The summed E-state index contributed by atoms with van der Waals surface area (Å²) in [7, 11) is 0. The SMILES string of the molecule is Cc1c(C(=O)NCc2ccccn2)cc(-c2ccccc2)n1-c1ccccc1F. The van der Waals surface area contributed by atoms with E-state index in [0.29, 0.717) is 23.5 Å². The number of hydrogen-bond donors (Lipinski definition) is 1. The predicted molar refractivity (Wildman–Crippen MR) is 111 cm³/mol. The summed E-state index contributed by atoms with van der Waals surface area (Å²) < 4.78 is 16.4. The molecule has 0 bridgehead atoms. The van der Waals surface area contributed by atoms with E-state index in [-0.39, 0.29) is 11.7 Å². The van der Waals surface area contributed by atoms with Gasteiger partial charge in [0.2, 0.25) is 0 Å². The Hall–Kier alpha value is -3.73. The van der Waals surface area contributed by atoms with Crippen LogP contribution >= 0.6 is 0 Å². The van der Waals surface area contributed by atoms with Gasteiger partial charge in [0, 0.05) is 11.9 Å². The third-order valence-corrected chi connectivity index (χ3v) is 4.81. The number of pyridine rings is 1. The summed E-state index contributed by atoms with van der Waals surface area (Å²) in [5.74, 6) is -0.566. The number of nitrogens with zero attached hydrogens (tertiary/aromatic N) is 2. The number of amides is 1. The van der Waals surface area contributed by atoms with Gasteiger partial charge in [0.25, 0.3) is 5.91 Å². The van der Waals surface area contributed by atoms with Gasteiger partial charge < -0.3 is 9.88 Å². The quantitative estimate of drug-likeness (QED) is 0.530. The van der Waals surface area contributed by atoms with E-state index in [4.69, 9.17) is 0 Å². The largest absolute Gasteiger partial charge is 0.346 e. The van der Waals surface area contributed by atoms with Gasteiger partial charge in [-0.15, -0.1) is 0 Å². The molecule has 5 heteroatoms. The second kappa shape index (κ2) is 8.10. The maximum Gasteiger partial charge on any atom is 0.253 e. The fourth-order valence-electron chi connectivity index (χ4n) is 3.37. The van der Waals surface area contributed by atoms with Crippen LogP contribution in [0.3, 0.4) is 0 Å². The second-order valence-electron chi connectivity index (χ2n) is 6.69. The predicted octanol–water partition coefficient (Wildman–Crippen LogP) is 4.92. The van der Waals surface area contributed by atoms with E-state index in [2.05, 4.69) is 10.3 Å². The van der Waals surface area contributed by atoms with Crippen molar-refractivity contribution in [2.24, 2.45) is 0 Å². The molecule has 0 saturated carbocycles. The van der Waals surface area contributed by atoms with E-state index in [9.17, 15) is 9.18 Å². The zero-order valence-electron chi connectivity index (χ0n) is 16.0. The van der Waals surface area contributed by atoms with E-state index in [1.54, 1.807) is 29.0 Å². The Balaban J connectivity index is 1.76. The van der Waals surface area contributed by atoms with Crippen LogP contribution in [0.1, 0.15) is 21.7 Å². The van der Waals surface area contributed by atoms with Crippen LogP contribution in [-0.4, -0.2) is 15.5 Å². The minimum Gasteiger partial charge on any atom is -0.346 e. The minimum absolute atomic E-state index is 0.222. The Bertz CT molecular complexity index is 1140. The summed E-state index contributed by atoms with van der Waals surface area (Å²) in [5.41, 5.74) is 4.03. The van der Waals surface area contributed by atoms with Crippen molar-refractivity contribution in [3.63, 3.8) is 0 Å². The van der Waals surface area contributed by atoms with Gasteiger partial charge in [0.15, 0.2) is 0 Å². The third kappa shape index (κ3) is 3.80. The van der Waals surface area contributed by atoms with Crippen molar-refractivity contribution in [2.75, 3.05) is 0 Å². The average molecular weight is 385 g/mol. The molecule has 2 aromatic carbocycles. The zero-order valence-corrected chi connectivity index (χ0v) is 16.0. The van der Waals surface area contributed by atoms with Gasteiger partial charge in [-0.05, 0) is 42.8 Å². The highest BCUT2D eigenvalue weighted by molar-refractivity contribution is 5.97. The molecule has 0 atom stereocenters. The summed E-state index contributed by atoms with van der Waals surface area (Å²) in [6.45, 7) is 2.15. The molecule has 2 aromatic heterocycles. The lowest BCUT2D eigenvalue weighted by atomic mass is 10.1. The molecule has 4 rings (SSSR count). The molecule has 0 aliphatic carbocycles. The smallest absolute Gasteiger partial charge is 0.253 e. The first-order chi connectivity index (χ1) is 14.1. The molecule has 1 amide bonds. The van der Waals surface area contributed by atoms with E-state index in [1.165, 1.54) is 6.07 Å². The van der Waals surface area contributed by atoms with Crippen molar-refractivity contribution in [1.29, 1.82) is 0 Å². The molecule has 4 nitrogen and oxygen atoms in total. The molecule has 0 aliphatic heterocycles. The summed E-state index contributed by atoms with van der Waals surface area (Å²) in [6.07, 6.45) is 1.69. The lowest BCUT2D eigenvalue weighted by molar-refractivity contribution is 0.0950. The average Bonchev–Trinajstić information content (AvgIpc) is 3.11. The Morgan fingerprint density at radius 2 is 1.72 bits per heavy atom. The van der Waals surface area contributed by atoms with Crippen molar-refractivity contribution >= 4 is 5.91 Å². The first-order valence-corrected chi connectivity index (χ1v) is 9.36. The van der Waals surface area contributed by atoms with Gasteiger partial charge in [-0.3, -0.25) is 9.78 Å². The molecule has 0 saturated heterocycles. The van der Waals surface area contributed by atoms with Gasteiger partial charge in [-0.1, -0.05) is 48.5 Å². The first kappa shape index (κ1) is 18.6. The summed E-state index contributed by atoms with van der Waals surface area (Å²) in [6, 6.07) is 23.6. The Labute approximate surface area is 168 Å². The Kier molecular flexibility index (Phi) is 5.20. The molecule has 0 fully saturated rings. The molecular formula is C24H20FN3O. The lowest BCUT2D eigenvalue weighted by Gasteiger charge is -2.13. The van der Waals surface area contributed by atoms with Crippen LogP contribution in [0.25, 0.3) is 16.9 Å². The standard InChI is InChI=1S/C24H20FN3O/c1-17-20(24(29)27-16-19-11-7-8-14-26-19)15-23(18-9-3-2-4-10-18)28(17)22-13-6-5-12-21(22)25/h2-15H,16H2,1H3,(H,27,29). The molecule has 2 heterocycles. The molecule has 144 valence electrons. The second-order valence-corrected chi connectivity index (χ2v) is 6.69. The maximum absolute atomic E-state index is 14.6. The number of rotatable bonds is 5. The number of nitrogens with one attached hydrogen (secondary N) is 1. The Morgan fingerprint density at radius 3 is 2.45 bits per heavy atom. The van der Waals surface area contributed by atoms with Crippen molar-refractivity contribution in [3.8, 4) is 16.9 Å². The highest BCUT2D eigenvalue weighted by Gasteiger charge is 2.21. The number of aromatic nitrogens is 2. The summed E-state index contributed by atoms with van der Waals surface area (Å²) >= 11 is 0. The van der Waals surface area contributed by atoms with Gasteiger partial charge in [0.05, 0.1) is 29.2 Å². The number of carbonyl (C=O) groups excluding carboxylic acids is 1. The number of para-hydroxylation sites is 1. The van der Waals surface area contributed by atoms with E-state index >= 15 is 0 Å². The molecule has 4 aromatic rings. The van der Waals surface area contributed by atoms with Gasteiger partial charge in [-0.2, -0.15) is 0 Å². The van der Waals surface area contributed by atoms with Crippen LogP contribution in [0.15, 0.2) is 85.1 Å². The highest BCUT2D eigenvalue weighted by Crippen LogP contribution is 2.30. The molecular weight excluding hydrogens is 365 g/mol. The minimum atomic E-state index is -0.344. The lowest BCUT2D eigenvalue weighted by Crippen LogP contribution is -2.23. The first-order valence-electron chi connectivity index (χ1n) is 9.36. The van der Waals surface area contributed by atoms with Crippen LogP contribution in [0, 0.1) is 12.7 Å². The number of hydrogen-bond acceptors (Lipinski definition) is 2. The fourth-order valence-corrected chi connectivity index (χ4v) is 3.37. The number of benzene rings is 2. The number of carbonyl (C=O) groups is 1. The van der Waals surface area contributed by atoms with Crippen molar-refractivity contribution in [3.05, 3.63) is 108 Å². The van der Waals surface area contributed by atoms with Crippen LogP contribution < -0.4 is 5.32 Å². The van der Waals surface area contributed by atoms with E-state index in [1.807, 2.05) is 61.5 Å². The maximum atomic E-state index is 14.6. The van der Waals surface area contributed by atoms with Crippen LogP contribution in [0.2, 0.25) is 0 Å². The van der Waals surface area contributed by atoms with Crippen molar-refractivity contribution in [1.82, 2.24) is 14.9 Å². The van der Waals surface area contributed by atoms with Crippen LogP contribution in [0.4, 0.5) is 4.39 Å². The normalized spacial score (nSPS) is 10.7. The van der Waals surface area contributed by atoms with Crippen LogP contribution in [-0.2, 0) is 6.54 Å².